The molecule has 1 saturated heterocycles. The minimum Gasteiger partial charge on any atom is -0.344 e. The molecule has 6 heteroatoms. The highest BCUT2D eigenvalue weighted by Gasteiger charge is 2.35. The molecule has 2 unspecified atom stereocenters. The Morgan fingerprint density at radius 3 is 2.50 bits per heavy atom. The van der Waals surface area contributed by atoms with Crippen molar-refractivity contribution < 1.29 is 9.59 Å². The predicted octanol–water partition coefficient (Wildman–Crippen LogP) is 0.923. The molecular weight excluding hydrogens is 278 g/mol. The zero-order chi connectivity index (χ0) is 13.8. The summed E-state index contributed by atoms with van der Waals surface area (Å²) in [6, 6.07) is 0.0181. The van der Waals surface area contributed by atoms with Crippen LogP contribution in [0.25, 0.3) is 0 Å². The van der Waals surface area contributed by atoms with Gasteiger partial charge in [0, 0.05) is 32.6 Å². The molecule has 2 aliphatic rings. The number of amides is 2. The molecule has 116 valence electrons. The van der Waals surface area contributed by atoms with Crippen molar-refractivity contribution in [2.75, 3.05) is 19.6 Å². The molecule has 0 radical (unpaired) electrons. The maximum atomic E-state index is 12.6. The summed E-state index contributed by atoms with van der Waals surface area (Å²) < 4.78 is 0. The van der Waals surface area contributed by atoms with Crippen molar-refractivity contribution in [3.8, 4) is 0 Å². The van der Waals surface area contributed by atoms with Crippen molar-refractivity contribution in [3.05, 3.63) is 0 Å². The van der Waals surface area contributed by atoms with Gasteiger partial charge in [0.05, 0.1) is 0 Å². The van der Waals surface area contributed by atoms with Gasteiger partial charge in [-0.2, -0.15) is 0 Å². The topological polar surface area (TPSA) is 61.4 Å². The average molecular weight is 304 g/mol. The molecular formula is C14H26ClN3O2. The van der Waals surface area contributed by atoms with Crippen molar-refractivity contribution in [2.24, 2.45) is 5.92 Å². The van der Waals surface area contributed by atoms with Gasteiger partial charge < -0.3 is 15.5 Å². The Morgan fingerprint density at radius 2 is 1.95 bits per heavy atom. The van der Waals surface area contributed by atoms with Crippen LogP contribution in [0.5, 0.6) is 0 Å². The van der Waals surface area contributed by atoms with Crippen molar-refractivity contribution >= 4 is 24.2 Å². The molecule has 1 aliphatic heterocycles. The molecule has 1 saturated carbocycles. The summed E-state index contributed by atoms with van der Waals surface area (Å²) in [7, 11) is 0. The molecule has 0 aromatic carbocycles. The standard InChI is InChI=1S/C14H25N3O2.ClH/c1-10-9-17(8-7-15-10)14(19)13(16-11(2)18)12-5-3-4-6-12;/h10,12-13,15H,3-9H2,1-2H3,(H,16,18);1H. The van der Waals surface area contributed by atoms with Gasteiger partial charge in [0.2, 0.25) is 11.8 Å². The van der Waals surface area contributed by atoms with E-state index in [4.69, 9.17) is 0 Å². The molecule has 0 aromatic heterocycles. The van der Waals surface area contributed by atoms with Gasteiger partial charge in [-0.15, -0.1) is 12.4 Å². The maximum absolute atomic E-state index is 12.6. The molecule has 5 nitrogen and oxygen atoms in total. The fourth-order valence-electron chi connectivity index (χ4n) is 3.22. The second-order valence-electron chi connectivity index (χ2n) is 5.86. The van der Waals surface area contributed by atoms with E-state index in [-0.39, 0.29) is 30.3 Å². The SMILES string of the molecule is CC(=O)NC(C(=O)N1CCNC(C)C1)C1CCCC1.Cl. The zero-order valence-corrected chi connectivity index (χ0v) is 13.2. The van der Waals surface area contributed by atoms with Gasteiger partial charge in [0.1, 0.15) is 6.04 Å². The van der Waals surface area contributed by atoms with Crippen LogP contribution in [0, 0.1) is 5.92 Å². The molecule has 2 rings (SSSR count). The van der Waals surface area contributed by atoms with E-state index in [1.165, 1.54) is 19.8 Å². The zero-order valence-electron chi connectivity index (χ0n) is 12.4. The molecule has 0 aromatic rings. The van der Waals surface area contributed by atoms with E-state index >= 15 is 0 Å². The third kappa shape index (κ3) is 4.35. The molecule has 2 atom stereocenters. The number of carbonyl (C=O) groups is 2. The summed E-state index contributed by atoms with van der Waals surface area (Å²) in [6.45, 7) is 5.90. The number of halogens is 1. The summed E-state index contributed by atoms with van der Waals surface area (Å²) in [4.78, 5) is 25.9. The minimum absolute atomic E-state index is 0. The quantitative estimate of drug-likeness (QED) is 0.815. The van der Waals surface area contributed by atoms with E-state index in [1.54, 1.807) is 0 Å². The van der Waals surface area contributed by atoms with E-state index in [0.717, 1.165) is 32.5 Å². The highest BCUT2D eigenvalue weighted by Crippen LogP contribution is 2.28. The summed E-state index contributed by atoms with van der Waals surface area (Å²) in [6.07, 6.45) is 4.45. The molecule has 2 N–H and O–H groups in total. The second kappa shape index (κ2) is 7.84. The van der Waals surface area contributed by atoms with Crippen LogP contribution in [0.4, 0.5) is 0 Å². The number of hydrogen-bond donors (Lipinski definition) is 2. The summed E-state index contributed by atoms with van der Waals surface area (Å²) in [5, 5.41) is 6.22. The predicted molar refractivity (Wildman–Crippen MR) is 80.9 cm³/mol. The first-order valence-corrected chi connectivity index (χ1v) is 7.37. The van der Waals surface area contributed by atoms with Crippen LogP contribution >= 0.6 is 12.4 Å². The van der Waals surface area contributed by atoms with Crippen molar-refractivity contribution in [1.29, 1.82) is 0 Å². The van der Waals surface area contributed by atoms with Gasteiger partial charge in [-0.3, -0.25) is 9.59 Å². The van der Waals surface area contributed by atoms with E-state index in [1.807, 2.05) is 4.90 Å². The number of nitrogens with one attached hydrogen (secondary N) is 2. The Kier molecular flexibility index (Phi) is 6.76. The molecule has 1 heterocycles. The van der Waals surface area contributed by atoms with Gasteiger partial charge in [-0.25, -0.2) is 0 Å². The Morgan fingerprint density at radius 1 is 1.30 bits per heavy atom. The Labute approximate surface area is 127 Å². The van der Waals surface area contributed by atoms with Crippen LogP contribution in [-0.2, 0) is 9.59 Å². The number of hydrogen-bond acceptors (Lipinski definition) is 3. The Balaban J connectivity index is 0.00000200. The third-order valence-corrected chi connectivity index (χ3v) is 4.18. The molecule has 0 bridgehead atoms. The summed E-state index contributed by atoms with van der Waals surface area (Å²) >= 11 is 0. The Bertz CT molecular complexity index is 345. The first kappa shape index (κ1) is 17.2. The summed E-state index contributed by atoms with van der Waals surface area (Å²) in [5.74, 6) is 0.325. The number of rotatable bonds is 3. The van der Waals surface area contributed by atoms with E-state index in [0.29, 0.717) is 12.0 Å². The first-order valence-electron chi connectivity index (χ1n) is 7.37. The van der Waals surface area contributed by atoms with E-state index in [2.05, 4.69) is 17.6 Å². The van der Waals surface area contributed by atoms with Crippen molar-refractivity contribution in [1.82, 2.24) is 15.5 Å². The maximum Gasteiger partial charge on any atom is 0.245 e. The molecule has 20 heavy (non-hydrogen) atoms. The van der Waals surface area contributed by atoms with Crippen LogP contribution in [0.15, 0.2) is 0 Å². The normalized spacial score (nSPS) is 24.9. The summed E-state index contributed by atoms with van der Waals surface area (Å²) in [5.41, 5.74) is 0. The molecule has 0 spiro atoms. The number of carbonyl (C=O) groups excluding carboxylic acids is 2. The lowest BCUT2D eigenvalue weighted by atomic mass is 9.96. The highest BCUT2D eigenvalue weighted by atomic mass is 35.5. The molecule has 2 fully saturated rings. The minimum atomic E-state index is -0.315. The molecule has 2 amide bonds. The lowest BCUT2D eigenvalue weighted by Gasteiger charge is -2.36. The monoisotopic (exact) mass is 303 g/mol. The third-order valence-electron chi connectivity index (χ3n) is 4.18. The first-order chi connectivity index (χ1) is 9.08. The Hall–Kier alpha value is -0.810. The van der Waals surface area contributed by atoms with Gasteiger partial charge in [-0.05, 0) is 25.7 Å². The smallest absolute Gasteiger partial charge is 0.245 e. The van der Waals surface area contributed by atoms with Crippen molar-refractivity contribution in [3.63, 3.8) is 0 Å². The van der Waals surface area contributed by atoms with Gasteiger partial charge in [0.15, 0.2) is 0 Å². The van der Waals surface area contributed by atoms with Crippen LogP contribution < -0.4 is 10.6 Å². The average Bonchev–Trinajstić information content (AvgIpc) is 2.88. The van der Waals surface area contributed by atoms with Crippen molar-refractivity contribution in [2.45, 2.75) is 51.6 Å². The number of piperazine rings is 1. The van der Waals surface area contributed by atoms with Gasteiger partial charge in [-0.1, -0.05) is 12.8 Å². The fourth-order valence-corrected chi connectivity index (χ4v) is 3.22. The number of nitrogens with zero attached hydrogens (tertiary/aromatic N) is 1. The van der Waals surface area contributed by atoms with Crippen LogP contribution in [-0.4, -0.2) is 48.4 Å². The molecule has 1 aliphatic carbocycles. The van der Waals surface area contributed by atoms with E-state index in [9.17, 15) is 9.59 Å². The van der Waals surface area contributed by atoms with Crippen LogP contribution in [0.1, 0.15) is 39.5 Å². The lowest BCUT2D eigenvalue weighted by molar-refractivity contribution is -0.138. The second-order valence-corrected chi connectivity index (χ2v) is 5.86. The van der Waals surface area contributed by atoms with Crippen LogP contribution in [0.2, 0.25) is 0 Å². The lowest BCUT2D eigenvalue weighted by Crippen LogP contribution is -2.58. The fraction of sp³-hybridized carbons (Fsp3) is 0.857. The highest BCUT2D eigenvalue weighted by molar-refractivity contribution is 5.87. The van der Waals surface area contributed by atoms with Crippen LogP contribution in [0.3, 0.4) is 0 Å². The van der Waals surface area contributed by atoms with E-state index < -0.39 is 0 Å². The van der Waals surface area contributed by atoms with Gasteiger partial charge in [0.25, 0.3) is 0 Å². The largest absolute Gasteiger partial charge is 0.344 e. The van der Waals surface area contributed by atoms with Gasteiger partial charge >= 0.3 is 0 Å².